The summed E-state index contributed by atoms with van der Waals surface area (Å²) in [6.45, 7) is 12.4. The molecule has 238 valence electrons. The first kappa shape index (κ1) is 39.2. The van der Waals surface area contributed by atoms with Crippen LogP contribution in [0.15, 0.2) is 0 Å². The van der Waals surface area contributed by atoms with Crippen molar-refractivity contribution in [2.75, 3.05) is 26.4 Å². The summed E-state index contributed by atoms with van der Waals surface area (Å²) in [6, 6.07) is 0.621. The van der Waals surface area contributed by atoms with Crippen molar-refractivity contribution >= 4 is 20.6 Å². The molecule has 0 rings (SSSR count). The molecule has 0 saturated carbocycles. The van der Waals surface area contributed by atoms with E-state index in [-0.39, 0.29) is 11.8 Å². The van der Waals surface area contributed by atoms with Gasteiger partial charge in [0.1, 0.15) is 0 Å². The second-order valence-corrected chi connectivity index (χ2v) is 13.9. The molecule has 0 unspecified atom stereocenters. The Balaban J connectivity index is 4.76. The molecule has 7 heteroatoms. The van der Waals surface area contributed by atoms with E-state index in [1.807, 2.05) is 20.8 Å². The standard InChI is InChI=1S/C33H67NO5Si/c1-6-11-13-15-17-19-21-23-25-28-32(35)34(30-27-31-40(37-8-3,38-9-4)39-10-5)33(36)29-26-24-22-20-18-16-14-12-7-2/h6-31H2,1-5H3. The van der Waals surface area contributed by atoms with Crippen molar-refractivity contribution in [1.29, 1.82) is 0 Å². The molecule has 0 atom stereocenters. The molecular formula is C33H67NO5Si. The van der Waals surface area contributed by atoms with E-state index in [1.54, 1.807) is 4.90 Å². The first-order valence-corrected chi connectivity index (χ1v) is 19.2. The Hall–Kier alpha value is -0.763. The lowest BCUT2D eigenvalue weighted by Gasteiger charge is -2.29. The largest absolute Gasteiger partial charge is 0.500 e. The Morgan fingerprint density at radius 1 is 0.475 bits per heavy atom. The molecular weight excluding hydrogens is 518 g/mol. The lowest BCUT2D eigenvalue weighted by atomic mass is 10.1. The smallest absolute Gasteiger partial charge is 0.374 e. The van der Waals surface area contributed by atoms with Gasteiger partial charge in [-0.1, -0.05) is 117 Å². The van der Waals surface area contributed by atoms with Crippen LogP contribution in [0.5, 0.6) is 0 Å². The molecule has 0 aliphatic carbocycles. The van der Waals surface area contributed by atoms with Crippen LogP contribution in [0.1, 0.15) is 169 Å². The summed E-state index contributed by atoms with van der Waals surface area (Å²) in [5.41, 5.74) is 0. The predicted molar refractivity (Wildman–Crippen MR) is 170 cm³/mol. The van der Waals surface area contributed by atoms with Gasteiger partial charge in [-0.2, -0.15) is 0 Å². The maximum absolute atomic E-state index is 13.2. The van der Waals surface area contributed by atoms with Gasteiger partial charge in [0.2, 0.25) is 11.8 Å². The summed E-state index contributed by atoms with van der Waals surface area (Å²) in [6.07, 6.45) is 23.4. The molecule has 0 fully saturated rings. The molecule has 0 aliphatic heterocycles. The van der Waals surface area contributed by atoms with Gasteiger partial charge in [0.05, 0.1) is 0 Å². The molecule has 0 spiro atoms. The first-order valence-electron chi connectivity index (χ1n) is 17.2. The van der Waals surface area contributed by atoms with Crippen LogP contribution < -0.4 is 0 Å². The monoisotopic (exact) mass is 585 g/mol. The van der Waals surface area contributed by atoms with E-state index in [0.717, 1.165) is 25.7 Å². The van der Waals surface area contributed by atoms with E-state index in [9.17, 15) is 9.59 Å². The number of rotatable bonds is 30. The highest BCUT2D eigenvalue weighted by molar-refractivity contribution is 6.60. The maximum Gasteiger partial charge on any atom is 0.500 e. The Bertz CT molecular complexity index is 538. The Morgan fingerprint density at radius 2 is 0.800 bits per heavy atom. The van der Waals surface area contributed by atoms with Gasteiger partial charge in [0.15, 0.2) is 0 Å². The minimum atomic E-state index is -2.79. The zero-order chi connectivity index (χ0) is 29.7. The molecule has 0 N–H and O–H groups in total. The fourth-order valence-electron chi connectivity index (χ4n) is 5.29. The second kappa shape index (κ2) is 28.4. The minimum Gasteiger partial charge on any atom is -0.374 e. The molecule has 0 radical (unpaired) electrons. The molecule has 0 aromatic carbocycles. The summed E-state index contributed by atoms with van der Waals surface area (Å²) in [7, 11) is -2.79. The number of carbonyl (C=O) groups is 2. The van der Waals surface area contributed by atoms with Gasteiger partial charge < -0.3 is 13.3 Å². The van der Waals surface area contributed by atoms with Crippen LogP contribution in [-0.4, -0.2) is 51.9 Å². The van der Waals surface area contributed by atoms with Crippen LogP contribution >= 0.6 is 0 Å². The third-order valence-corrected chi connectivity index (χ3v) is 10.7. The molecule has 0 aliphatic rings. The average molecular weight is 586 g/mol. The van der Waals surface area contributed by atoms with E-state index in [2.05, 4.69) is 13.8 Å². The topological polar surface area (TPSA) is 65.1 Å². The lowest BCUT2D eigenvalue weighted by molar-refractivity contribution is -0.145. The number of hydrogen-bond acceptors (Lipinski definition) is 5. The number of nitrogens with zero attached hydrogens (tertiary/aromatic N) is 1. The molecule has 40 heavy (non-hydrogen) atoms. The highest BCUT2D eigenvalue weighted by atomic mass is 28.4. The second-order valence-electron chi connectivity index (χ2n) is 11.2. The Kier molecular flexibility index (Phi) is 27.8. The van der Waals surface area contributed by atoms with E-state index in [1.165, 1.54) is 89.9 Å². The van der Waals surface area contributed by atoms with Gasteiger partial charge in [0.25, 0.3) is 0 Å². The van der Waals surface area contributed by atoms with Crippen molar-refractivity contribution < 1.29 is 22.9 Å². The lowest BCUT2D eigenvalue weighted by Crippen LogP contribution is -2.47. The summed E-state index contributed by atoms with van der Waals surface area (Å²) in [5, 5.41) is 0. The third kappa shape index (κ3) is 21.0. The normalized spacial score (nSPS) is 11.7. The van der Waals surface area contributed by atoms with Gasteiger partial charge in [0, 0.05) is 45.3 Å². The fourth-order valence-corrected chi connectivity index (χ4v) is 7.88. The van der Waals surface area contributed by atoms with Crippen LogP contribution in [0.25, 0.3) is 0 Å². The predicted octanol–water partition coefficient (Wildman–Crippen LogP) is 9.62. The van der Waals surface area contributed by atoms with Gasteiger partial charge in [-0.25, -0.2) is 0 Å². The van der Waals surface area contributed by atoms with Gasteiger partial charge in [-0.05, 0) is 40.0 Å². The highest BCUT2D eigenvalue weighted by Gasteiger charge is 2.40. The SMILES string of the molecule is CCCCCCCCCCCC(=O)N(CCC[Si](OCC)(OCC)OCC)C(=O)CCCCCCCCCCC. The molecule has 0 heterocycles. The molecule has 0 bridgehead atoms. The zero-order valence-electron chi connectivity index (χ0n) is 27.4. The van der Waals surface area contributed by atoms with Crippen molar-refractivity contribution in [3.63, 3.8) is 0 Å². The van der Waals surface area contributed by atoms with Crippen molar-refractivity contribution in [2.45, 2.75) is 176 Å². The highest BCUT2D eigenvalue weighted by Crippen LogP contribution is 2.20. The van der Waals surface area contributed by atoms with Gasteiger partial charge in [-0.15, -0.1) is 0 Å². The number of unbranched alkanes of at least 4 members (excludes halogenated alkanes) is 16. The number of imide groups is 1. The first-order chi connectivity index (χ1) is 19.5. The summed E-state index contributed by atoms with van der Waals surface area (Å²) < 4.78 is 18.0. The van der Waals surface area contributed by atoms with E-state index < -0.39 is 8.80 Å². The van der Waals surface area contributed by atoms with E-state index >= 15 is 0 Å². The van der Waals surface area contributed by atoms with E-state index in [4.69, 9.17) is 13.3 Å². The van der Waals surface area contributed by atoms with Crippen LogP contribution in [0, 0.1) is 0 Å². The average Bonchev–Trinajstić information content (AvgIpc) is 2.93. The van der Waals surface area contributed by atoms with Crippen molar-refractivity contribution in [1.82, 2.24) is 4.90 Å². The summed E-state index contributed by atoms with van der Waals surface area (Å²) in [4.78, 5) is 28.0. The molecule has 2 amide bonds. The van der Waals surface area contributed by atoms with Gasteiger partial charge in [-0.3, -0.25) is 14.5 Å². The van der Waals surface area contributed by atoms with Crippen LogP contribution in [0.4, 0.5) is 0 Å². The van der Waals surface area contributed by atoms with Crippen LogP contribution in [-0.2, 0) is 22.9 Å². The molecule has 6 nitrogen and oxygen atoms in total. The Morgan fingerprint density at radius 3 is 1.12 bits per heavy atom. The quantitative estimate of drug-likeness (QED) is 0.0620. The summed E-state index contributed by atoms with van der Waals surface area (Å²) in [5.74, 6) is -0.0271. The minimum absolute atomic E-state index is 0.0135. The van der Waals surface area contributed by atoms with Gasteiger partial charge >= 0.3 is 8.80 Å². The third-order valence-electron chi connectivity index (χ3n) is 7.55. The number of hydrogen-bond donors (Lipinski definition) is 0. The molecule has 0 aromatic rings. The Labute approximate surface area is 250 Å². The van der Waals surface area contributed by atoms with Crippen molar-refractivity contribution in [2.24, 2.45) is 0 Å². The number of amides is 2. The van der Waals surface area contributed by atoms with Crippen LogP contribution in [0.2, 0.25) is 6.04 Å². The summed E-state index contributed by atoms with van der Waals surface area (Å²) >= 11 is 0. The zero-order valence-corrected chi connectivity index (χ0v) is 28.4. The van der Waals surface area contributed by atoms with Crippen molar-refractivity contribution in [3.05, 3.63) is 0 Å². The van der Waals surface area contributed by atoms with E-state index in [0.29, 0.717) is 51.7 Å². The maximum atomic E-state index is 13.2. The van der Waals surface area contributed by atoms with Crippen LogP contribution in [0.3, 0.4) is 0 Å². The molecule has 0 saturated heterocycles. The van der Waals surface area contributed by atoms with Crippen molar-refractivity contribution in [3.8, 4) is 0 Å². The number of carbonyl (C=O) groups excluding carboxylic acids is 2. The fraction of sp³-hybridized carbons (Fsp3) is 0.939. The molecule has 0 aromatic heterocycles.